The Bertz CT molecular complexity index is 636. The summed E-state index contributed by atoms with van der Waals surface area (Å²) in [5.74, 6) is 5.95. The van der Waals surface area contributed by atoms with Crippen LogP contribution in [0, 0.1) is 10.1 Å². The van der Waals surface area contributed by atoms with Crippen LogP contribution in [0.15, 0.2) is 41.0 Å². The van der Waals surface area contributed by atoms with E-state index in [1.54, 1.807) is 30.5 Å². The average molecular weight is 339 g/mol. The minimum absolute atomic E-state index is 0.0920. The van der Waals surface area contributed by atoms with E-state index in [0.717, 1.165) is 5.56 Å². The van der Waals surface area contributed by atoms with Gasteiger partial charge in [0.1, 0.15) is 12.4 Å². The van der Waals surface area contributed by atoms with Crippen LogP contribution in [0.4, 0.5) is 11.5 Å². The van der Waals surface area contributed by atoms with E-state index in [1.807, 2.05) is 0 Å². The quantitative estimate of drug-likeness (QED) is 0.493. The van der Waals surface area contributed by atoms with Crippen LogP contribution in [0.1, 0.15) is 5.56 Å². The second kappa shape index (κ2) is 6.31. The monoisotopic (exact) mass is 338 g/mol. The molecule has 0 atom stereocenters. The Labute approximate surface area is 123 Å². The summed E-state index contributed by atoms with van der Waals surface area (Å²) >= 11 is 3.24. The summed E-state index contributed by atoms with van der Waals surface area (Å²) < 4.78 is 6.06. The highest BCUT2D eigenvalue weighted by atomic mass is 79.9. The van der Waals surface area contributed by atoms with E-state index in [-0.39, 0.29) is 18.0 Å². The van der Waals surface area contributed by atoms with Crippen molar-refractivity contribution in [2.75, 3.05) is 5.43 Å². The lowest BCUT2D eigenvalue weighted by molar-refractivity contribution is -0.386. The van der Waals surface area contributed by atoms with E-state index in [0.29, 0.717) is 10.3 Å². The third-order valence-corrected chi connectivity index (χ3v) is 3.12. The molecule has 2 rings (SSSR count). The minimum atomic E-state index is -0.487. The summed E-state index contributed by atoms with van der Waals surface area (Å²) in [5, 5.41) is 11.0. The molecule has 0 unspecified atom stereocenters. The Balaban J connectivity index is 2.20. The summed E-state index contributed by atoms with van der Waals surface area (Å²) in [4.78, 5) is 14.4. The van der Waals surface area contributed by atoms with Crippen molar-refractivity contribution in [3.05, 3.63) is 56.7 Å². The number of pyridine rings is 1. The first-order chi connectivity index (χ1) is 9.61. The van der Waals surface area contributed by atoms with E-state index in [1.165, 1.54) is 6.07 Å². The Morgan fingerprint density at radius 3 is 2.95 bits per heavy atom. The van der Waals surface area contributed by atoms with Gasteiger partial charge in [0.2, 0.25) is 5.75 Å². The number of aromatic nitrogens is 1. The number of nitrogens with one attached hydrogen (secondary N) is 1. The van der Waals surface area contributed by atoms with Crippen LogP contribution >= 0.6 is 15.9 Å². The molecule has 0 spiro atoms. The molecular weight excluding hydrogens is 328 g/mol. The van der Waals surface area contributed by atoms with Crippen molar-refractivity contribution in [2.24, 2.45) is 5.84 Å². The molecule has 0 radical (unpaired) electrons. The average Bonchev–Trinajstić information content (AvgIpc) is 2.45. The van der Waals surface area contributed by atoms with Crippen LogP contribution in [-0.2, 0) is 6.61 Å². The van der Waals surface area contributed by atoms with Crippen LogP contribution in [0.5, 0.6) is 5.75 Å². The van der Waals surface area contributed by atoms with Crippen molar-refractivity contribution < 1.29 is 9.66 Å². The van der Waals surface area contributed by atoms with E-state index in [2.05, 4.69) is 26.3 Å². The predicted octanol–water partition coefficient (Wildman–Crippen LogP) is 2.62. The van der Waals surface area contributed by atoms with Gasteiger partial charge in [0.25, 0.3) is 0 Å². The summed E-state index contributed by atoms with van der Waals surface area (Å²) in [6.07, 6.45) is 1.57. The smallest absolute Gasteiger partial charge is 0.312 e. The summed E-state index contributed by atoms with van der Waals surface area (Å²) in [7, 11) is 0. The van der Waals surface area contributed by atoms with Gasteiger partial charge in [-0.15, -0.1) is 0 Å². The van der Waals surface area contributed by atoms with Crippen LogP contribution in [0.3, 0.4) is 0 Å². The second-order valence-corrected chi connectivity index (χ2v) is 4.68. The maximum atomic E-state index is 11.0. The lowest BCUT2D eigenvalue weighted by Gasteiger charge is -2.09. The van der Waals surface area contributed by atoms with Gasteiger partial charge in [-0.05, 0) is 39.7 Å². The molecule has 0 aliphatic carbocycles. The summed E-state index contributed by atoms with van der Waals surface area (Å²) in [6.45, 7) is 0.167. The highest BCUT2D eigenvalue weighted by Gasteiger charge is 2.17. The number of nitro groups is 1. The number of hydrazine groups is 1. The van der Waals surface area contributed by atoms with E-state index < -0.39 is 4.92 Å². The molecule has 0 amide bonds. The molecule has 1 heterocycles. The molecule has 3 N–H and O–H groups in total. The highest BCUT2D eigenvalue weighted by molar-refractivity contribution is 9.10. The van der Waals surface area contributed by atoms with Crippen molar-refractivity contribution in [1.82, 2.24) is 4.98 Å². The van der Waals surface area contributed by atoms with Gasteiger partial charge in [-0.3, -0.25) is 10.1 Å². The number of nitrogens with two attached hydrogens (primary N) is 1. The van der Waals surface area contributed by atoms with Crippen molar-refractivity contribution in [2.45, 2.75) is 6.61 Å². The van der Waals surface area contributed by atoms with Gasteiger partial charge in [0.15, 0.2) is 0 Å². The Morgan fingerprint density at radius 1 is 1.45 bits per heavy atom. The number of benzene rings is 1. The fourth-order valence-electron chi connectivity index (χ4n) is 1.58. The zero-order valence-corrected chi connectivity index (χ0v) is 11.8. The van der Waals surface area contributed by atoms with Gasteiger partial charge in [-0.2, -0.15) is 0 Å². The molecule has 1 aromatic heterocycles. The molecule has 0 saturated carbocycles. The maximum Gasteiger partial charge on any atom is 0.312 e. The molecule has 104 valence electrons. The number of nitrogen functional groups attached to an aromatic ring is 1. The highest BCUT2D eigenvalue weighted by Crippen LogP contribution is 2.35. The van der Waals surface area contributed by atoms with Crippen molar-refractivity contribution in [1.29, 1.82) is 0 Å². The number of anilines is 1. The molecule has 1 aromatic carbocycles. The number of hydrogen-bond donors (Lipinski definition) is 2. The first-order valence-electron chi connectivity index (χ1n) is 5.59. The van der Waals surface area contributed by atoms with E-state index in [4.69, 9.17) is 10.6 Å². The number of ether oxygens (including phenoxy) is 1. The molecule has 0 aliphatic rings. The molecule has 0 aliphatic heterocycles. The first kappa shape index (κ1) is 14.2. The fourth-order valence-corrected chi connectivity index (χ4v) is 2.05. The fraction of sp³-hybridized carbons (Fsp3) is 0.0833. The molecular formula is C12H11BrN4O3. The molecule has 0 fully saturated rings. The Kier molecular flexibility index (Phi) is 4.49. The molecule has 2 aromatic rings. The standard InChI is InChI=1S/C12H11BrN4O3/c13-9-2-1-3-10(17(18)19)12(9)20-7-8-4-5-15-11(6-8)16-14/h1-6H,7,14H2,(H,15,16). The normalized spacial score (nSPS) is 10.1. The van der Waals surface area contributed by atoms with Crippen molar-refractivity contribution in [3.8, 4) is 5.75 Å². The number of nitro benzene ring substituents is 1. The minimum Gasteiger partial charge on any atom is -0.481 e. The molecule has 7 nitrogen and oxygen atoms in total. The van der Waals surface area contributed by atoms with Crippen LogP contribution in [0.25, 0.3) is 0 Å². The summed E-state index contributed by atoms with van der Waals surface area (Å²) in [6, 6.07) is 8.09. The van der Waals surface area contributed by atoms with Gasteiger partial charge >= 0.3 is 5.69 Å². The third kappa shape index (κ3) is 3.22. The number of hydrogen-bond acceptors (Lipinski definition) is 6. The van der Waals surface area contributed by atoms with E-state index in [9.17, 15) is 10.1 Å². The largest absolute Gasteiger partial charge is 0.481 e. The predicted molar refractivity (Wildman–Crippen MR) is 77.2 cm³/mol. The Morgan fingerprint density at radius 2 is 2.25 bits per heavy atom. The third-order valence-electron chi connectivity index (χ3n) is 2.50. The number of halogens is 1. The van der Waals surface area contributed by atoms with Crippen molar-refractivity contribution >= 4 is 27.4 Å². The lowest BCUT2D eigenvalue weighted by Crippen LogP contribution is -2.09. The lowest BCUT2D eigenvalue weighted by atomic mass is 10.2. The number of para-hydroxylation sites is 1. The number of rotatable bonds is 5. The number of nitrogens with zero attached hydrogens (tertiary/aromatic N) is 2. The zero-order valence-electron chi connectivity index (χ0n) is 10.2. The van der Waals surface area contributed by atoms with Gasteiger partial charge in [0, 0.05) is 12.3 Å². The van der Waals surface area contributed by atoms with Gasteiger partial charge in [-0.1, -0.05) is 6.07 Å². The van der Waals surface area contributed by atoms with E-state index >= 15 is 0 Å². The Hall–Kier alpha value is -2.19. The molecule has 0 saturated heterocycles. The molecule has 0 bridgehead atoms. The SMILES string of the molecule is NNc1cc(COc2c(Br)cccc2[N+](=O)[O-])ccn1. The van der Waals surface area contributed by atoms with Gasteiger partial charge in [0.05, 0.1) is 9.40 Å². The van der Waals surface area contributed by atoms with Crippen LogP contribution in [0.2, 0.25) is 0 Å². The van der Waals surface area contributed by atoms with Crippen molar-refractivity contribution in [3.63, 3.8) is 0 Å². The first-order valence-corrected chi connectivity index (χ1v) is 6.38. The van der Waals surface area contributed by atoms with Crippen LogP contribution < -0.4 is 16.0 Å². The zero-order chi connectivity index (χ0) is 14.5. The topological polar surface area (TPSA) is 103 Å². The van der Waals surface area contributed by atoms with Crippen LogP contribution in [-0.4, -0.2) is 9.91 Å². The second-order valence-electron chi connectivity index (χ2n) is 3.83. The van der Waals surface area contributed by atoms with Gasteiger partial charge < -0.3 is 10.2 Å². The van der Waals surface area contributed by atoms with Gasteiger partial charge in [-0.25, -0.2) is 10.8 Å². The molecule has 8 heteroatoms. The molecule has 20 heavy (non-hydrogen) atoms. The maximum absolute atomic E-state index is 11.0. The summed E-state index contributed by atoms with van der Waals surface area (Å²) in [5.41, 5.74) is 3.12.